The minimum Gasteiger partial charge on any atom is -0.384 e. The Morgan fingerprint density at radius 1 is 1.13 bits per heavy atom. The first-order valence-corrected chi connectivity index (χ1v) is 7.13. The smallest absolute Gasteiger partial charge is 0.190 e. The molecule has 0 spiro atoms. The van der Waals surface area contributed by atoms with Crippen LogP contribution in [0.3, 0.4) is 0 Å². The number of hydrogen-bond donors (Lipinski definition) is 1. The van der Waals surface area contributed by atoms with Gasteiger partial charge in [0, 0.05) is 11.8 Å². The summed E-state index contributed by atoms with van der Waals surface area (Å²) >= 11 is 3.40. The lowest BCUT2D eigenvalue weighted by Gasteiger charge is -2.03. The molecule has 0 atom stereocenters. The van der Waals surface area contributed by atoms with E-state index in [1.165, 1.54) is 0 Å². The van der Waals surface area contributed by atoms with E-state index in [1.54, 1.807) is 23.5 Å². The number of aromatic nitrogens is 2. The van der Waals surface area contributed by atoms with E-state index in [0.29, 0.717) is 5.82 Å². The van der Waals surface area contributed by atoms with Gasteiger partial charge in [0.05, 0.1) is 0 Å². The second-order valence-corrected chi connectivity index (χ2v) is 5.29. The van der Waals surface area contributed by atoms with E-state index in [2.05, 4.69) is 23.8 Å². The van der Waals surface area contributed by atoms with Gasteiger partial charge in [-0.3, -0.25) is 0 Å². The first-order valence-electron chi connectivity index (χ1n) is 5.16. The average Bonchev–Trinajstić information content (AvgIpc) is 2.23. The maximum atomic E-state index is 5.73. The van der Waals surface area contributed by atoms with Gasteiger partial charge in [0.15, 0.2) is 5.16 Å². The van der Waals surface area contributed by atoms with Gasteiger partial charge in [0.2, 0.25) is 0 Å². The number of rotatable bonds is 6. The van der Waals surface area contributed by atoms with Gasteiger partial charge < -0.3 is 5.73 Å². The van der Waals surface area contributed by atoms with Crippen molar-refractivity contribution in [2.24, 2.45) is 0 Å². The summed E-state index contributed by atoms with van der Waals surface area (Å²) in [6.07, 6.45) is 2.27. The van der Waals surface area contributed by atoms with Crippen LogP contribution in [-0.2, 0) is 0 Å². The number of nitrogens with zero attached hydrogens (tertiary/aromatic N) is 2. The molecular formula is C10H17N3S2. The third-order valence-corrected chi connectivity index (χ3v) is 3.76. The van der Waals surface area contributed by atoms with Crippen LogP contribution >= 0.6 is 23.5 Å². The minimum atomic E-state index is 0.571. The highest BCUT2D eigenvalue weighted by Crippen LogP contribution is 2.22. The Balaban J connectivity index is 2.66. The number of anilines is 1. The highest BCUT2D eigenvalue weighted by molar-refractivity contribution is 7.99. The van der Waals surface area contributed by atoms with Crippen molar-refractivity contribution in [1.29, 1.82) is 0 Å². The molecule has 0 unspecified atom stereocenters. The highest BCUT2D eigenvalue weighted by Gasteiger charge is 2.03. The van der Waals surface area contributed by atoms with Crippen LogP contribution in [0.4, 0.5) is 5.82 Å². The number of nitrogen functional groups attached to an aromatic ring is 1. The van der Waals surface area contributed by atoms with Crippen LogP contribution in [0.5, 0.6) is 0 Å². The molecule has 0 aliphatic heterocycles. The van der Waals surface area contributed by atoms with Crippen LogP contribution < -0.4 is 5.73 Å². The molecule has 0 saturated heterocycles. The molecule has 3 nitrogen and oxygen atoms in total. The molecule has 0 fully saturated rings. The van der Waals surface area contributed by atoms with Gasteiger partial charge >= 0.3 is 0 Å². The Kier molecular flexibility index (Phi) is 5.86. The molecule has 0 radical (unpaired) electrons. The van der Waals surface area contributed by atoms with E-state index in [1.807, 2.05) is 6.07 Å². The van der Waals surface area contributed by atoms with Crippen molar-refractivity contribution < 1.29 is 0 Å². The first kappa shape index (κ1) is 12.6. The molecule has 0 aliphatic rings. The molecule has 2 N–H and O–H groups in total. The summed E-state index contributed by atoms with van der Waals surface area (Å²) in [5.41, 5.74) is 5.73. The van der Waals surface area contributed by atoms with Crippen LogP contribution in [0.1, 0.15) is 26.7 Å². The molecule has 5 heteroatoms. The zero-order chi connectivity index (χ0) is 11.1. The van der Waals surface area contributed by atoms with Crippen molar-refractivity contribution in [1.82, 2.24) is 9.97 Å². The van der Waals surface area contributed by atoms with E-state index in [-0.39, 0.29) is 0 Å². The third kappa shape index (κ3) is 4.75. The molecule has 1 rings (SSSR count). The number of hydrogen-bond acceptors (Lipinski definition) is 5. The van der Waals surface area contributed by atoms with E-state index >= 15 is 0 Å². The molecule has 1 aromatic rings. The molecule has 0 bridgehead atoms. The van der Waals surface area contributed by atoms with Crippen molar-refractivity contribution in [3.05, 3.63) is 6.07 Å². The summed E-state index contributed by atoms with van der Waals surface area (Å²) in [6, 6.07) is 1.84. The molecular weight excluding hydrogens is 226 g/mol. The number of nitrogens with two attached hydrogens (primary N) is 1. The van der Waals surface area contributed by atoms with E-state index in [0.717, 1.165) is 34.5 Å². The van der Waals surface area contributed by atoms with Gasteiger partial charge in [-0.05, 0) is 18.6 Å². The van der Waals surface area contributed by atoms with Gasteiger partial charge in [-0.15, -0.1) is 11.8 Å². The average molecular weight is 243 g/mol. The van der Waals surface area contributed by atoms with Crippen LogP contribution in [0.25, 0.3) is 0 Å². The predicted octanol–water partition coefficient (Wildman–Crippen LogP) is 3.06. The van der Waals surface area contributed by atoms with Crippen molar-refractivity contribution in [3.63, 3.8) is 0 Å². The Hall–Kier alpha value is -0.420. The molecule has 1 aromatic heterocycles. The summed E-state index contributed by atoms with van der Waals surface area (Å²) in [4.78, 5) is 8.64. The second kappa shape index (κ2) is 6.95. The fourth-order valence-corrected chi connectivity index (χ4v) is 2.50. The highest BCUT2D eigenvalue weighted by atomic mass is 32.2. The van der Waals surface area contributed by atoms with Crippen molar-refractivity contribution in [3.8, 4) is 0 Å². The largest absolute Gasteiger partial charge is 0.384 e. The van der Waals surface area contributed by atoms with Gasteiger partial charge in [-0.1, -0.05) is 25.6 Å². The molecule has 15 heavy (non-hydrogen) atoms. The second-order valence-electron chi connectivity index (χ2n) is 3.11. The third-order valence-electron chi connectivity index (χ3n) is 1.59. The summed E-state index contributed by atoms with van der Waals surface area (Å²) < 4.78 is 0. The van der Waals surface area contributed by atoms with Crippen molar-refractivity contribution in [2.45, 2.75) is 36.9 Å². The molecule has 0 aromatic carbocycles. The molecule has 84 valence electrons. The van der Waals surface area contributed by atoms with Crippen LogP contribution in [0, 0.1) is 0 Å². The van der Waals surface area contributed by atoms with Crippen LogP contribution in [-0.4, -0.2) is 21.5 Å². The first-order chi connectivity index (χ1) is 7.26. The lowest BCUT2D eigenvalue weighted by atomic mass is 10.6. The van der Waals surface area contributed by atoms with Gasteiger partial charge in [-0.25, -0.2) is 9.97 Å². The lowest BCUT2D eigenvalue weighted by molar-refractivity contribution is 0.895. The number of thioether (sulfide) groups is 2. The Morgan fingerprint density at radius 2 is 1.80 bits per heavy atom. The lowest BCUT2D eigenvalue weighted by Crippen LogP contribution is -1.96. The van der Waals surface area contributed by atoms with E-state index in [4.69, 9.17) is 5.73 Å². The molecule has 0 amide bonds. The topological polar surface area (TPSA) is 51.8 Å². The normalized spacial score (nSPS) is 10.5. The molecule has 0 saturated carbocycles. The fraction of sp³-hybridized carbons (Fsp3) is 0.600. The van der Waals surface area contributed by atoms with Crippen molar-refractivity contribution >= 4 is 29.3 Å². The predicted molar refractivity (Wildman–Crippen MR) is 68.5 cm³/mol. The zero-order valence-corrected chi connectivity index (χ0v) is 10.8. The van der Waals surface area contributed by atoms with Gasteiger partial charge in [-0.2, -0.15) is 0 Å². The van der Waals surface area contributed by atoms with E-state index in [9.17, 15) is 0 Å². The Morgan fingerprint density at radius 3 is 2.47 bits per heavy atom. The zero-order valence-electron chi connectivity index (χ0n) is 9.19. The Labute approximate surface area is 99.6 Å². The maximum absolute atomic E-state index is 5.73. The SMILES string of the molecule is CCCSc1cc(N)nc(SCCC)n1. The quantitative estimate of drug-likeness (QED) is 0.473. The Bertz CT molecular complexity index is 278. The molecule has 0 aliphatic carbocycles. The summed E-state index contributed by atoms with van der Waals surface area (Å²) in [5, 5.41) is 1.79. The van der Waals surface area contributed by atoms with E-state index < -0.39 is 0 Å². The van der Waals surface area contributed by atoms with Gasteiger partial charge in [0.25, 0.3) is 0 Å². The van der Waals surface area contributed by atoms with Crippen molar-refractivity contribution in [2.75, 3.05) is 17.2 Å². The monoisotopic (exact) mass is 243 g/mol. The van der Waals surface area contributed by atoms with Gasteiger partial charge in [0.1, 0.15) is 10.8 Å². The fourth-order valence-electron chi connectivity index (χ4n) is 0.959. The summed E-state index contributed by atoms with van der Waals surface area (Å²) in [5.74, 6) is 2.69. The summed E-state index contributed by atoms with van der Waals surface area (Å²) in [7, 11) is 0. The molecule has 1 heterocycles. The van der Waals surface area contributed by atoms with Crippen LogP contribution in [0.2, 0.25) is 0 Å². The minimum absolute atomic E-state index is 0.571. The standard InChI is InChI=1S/C10H17N3S2/c1-3-5-14-9-7-8(11)12-10(13-9)15-6-4-2/h7H,3-6H2,1-2H3,(H2,11,12,13). The maximum Gasteiger partial charge on any atom is 0.190 e. The van der Waals surface area contributed by atoms with Crippen LogP contribution in [0.15, 0.2) is 16.2 Å². The summed E-state index contributed by atoms with van der Waals surface area (Å²) in [6.45, 7) is 4.30.